The molecule has 0 saturated heterocycles. The summed E-state index contributed by atoms with van der Waals surface area (Å²) in [6.45, 7) is 8.00. The third kappa shape index (κ3) is 3.68. The van der Waals surface area contributed by atoms with Crippen molar-refractivity contribution >= 4 is 44.8 Å². The van der Waals surface area contributed by atoms with Gasteiger partial charge in [-0.25, -0.2) is 0 Å². The maximum atomic E-state index is 13.1. The van der Waals surface area contributed by atoms with Crippen LogP contribution in [-0.2, 0) is 16.1 Å². The number of aromatic nitrogens is 2. The molecule has 0 aliphatic carbocycles. The van der Waals surface area contributed by atoms with Crippen molar-refractivity contribution in [2.24, 2.45) is 0 Å². The summed E-state index contributed by atoms with van der Waals surface area (Å²) >= 11 is 0. The number of benzene rings is 2. The van der Waals surface area contributed by atoms with E-state index in [-0.39, 0.29) is 5.75 Å². The number of hydrogen-bond donors (Lipinski definition) is 3. The van der Waals surface area contributed by atoms with Gasteiger partial charge in [-0.2, -0.15) is 0 Å². The van der Waals surface area contributed by atoms with Crippen LogP contribution in [0.3, 0.4) is 0 Å². The van der Waals surface area contributed by atoms with Crippen LogP contribution < -0.4 is 5.32 Å². The second-order valence-electron chi connectivity index (χ2n) is 8.60. The molecule has 1 aliphatic heterocycles. The number of rotatable bonds is 8. The van der Waals surface area contributed by atoms with Gasteiger partial charge in [0.15, 0.2) is 0 Å². The molecule has 2 aromatic carbocycles. The van der Waals surface area contributed by atoms with Gasteiger partial charge in [-0.15, -0.1) is 0 Å². The molecular formula is C27H28N4O3. The molecule has 0 radical (unpaired) electrons. The molecule has 0 spiro atoms. The lowest BCUT2D eigenvalue weighted by molar-refractivity contribution is -0.122. The van der Waals surface area contributed by atoms with Gasteiger partial charge >= 0.3 is 0 Å². The quantitative estimate of drug-likeness (QED) is 0.348. The number of amides is 2. The van der Waals surface area contributed by atoms with Crippen LogP contribution in [0.4, 0.5) is 0 Å². The zero-order chi connectivity index (χ0) is 23.8. The Morgan fingerprint density at radius 1 is 0.941 bits per heavy atom. The number of H-pyrrole nitrogens is 1. The molecule has 174 valence electrons. The first-order valence-electron chi connectivity index (χ1n) is 11.7. The average molecular weight is 457 g/mol. The van der Waals surface area contributed by atoms with E-state index in [9.17, 15) is 14.7 Å². The van der Waals surface area contributed by atoms with Gasteiger partial charge in [-0.05, 0) is 44.3 Å². The molecule has 5 rings (SSSR count). The third-order valence-corrected chi connectivity index (χ3v) is 6.69. The van der Waals surface area contributed by atoms with E-state index in [0.29, 0.717) is 22.3 Å². The van der Waals surface area contributed by atoms with E-state index in [2.05, 4.69) is 33.6 Å². The Hall–Kier alpha value is -3.84. The lowest BCUT2D eigenvalue weighted by Crippen LogP contribution is -2.24. The molecule has 0 atom stereocenters. The van der Waals surface area contributed by atoms with Crippen LogP contribution in [-0.4, -0.2) is 51.0 Å². The van der Waals surface area contributed by atoms with E-state index in [4.69, 9.17) is 0 Å². The third-order valence-electron chi connectivity index (χ3n) is 6.69. The predicted molar refractivity (Wildman–Crippen MR) is 134 cm³/mol. The highest BCUT2D eigenvalue weighted by Crippen LogP contribution is 2.39. The van der Waals surface area contributed by atoms with Gasteiger partial charge in [0.05, 0.1) is 16.7 Å². The van der Waals surface area contributed by atoms with Crippen molar-refractivity contribution in [2.45, 2.75) is 26.8 Å². The van der Waals surface area contributed by atoms with Gasteiger partial charge in [0.25, 0.3) is 11.8 Å². The number of aryl methyl sites for hydroxylation is 1. The molecule has 4 aromatic rings. The van der Waals surface area contributed by atoms with Crippen LogP contribution in [0.2, 0.25) is 0 Å². The van der Waals surface area contributed by atoms with Crippen LogP contribution in [0.25, 0.3) is 33.0 Å². The van der Waals surface area contributed by atoms with Gasteiger partial charge in [0.1, 0.15) is 5.75 Å². The zero-order valence-corrected chi connectivity index (χ0v) is 19.4. The minimum atomic E-state index is -0.402. The summed E-state index contributed by atoms with van der Waals surface area (Å²) in [5, 5.41) is 14.4. The summed E-state index contributed by atoms with van der Waals surface area (Å²) in [6, 6.07) is 12.9. The number of carbonyl (C=O) groups is 2. The number of nitrogens with one attached hydrogen (secondary N) is 2. The molecule has 7 nitrogen and oxygen atoms in total. The van der Waals surface area contributed by atoms with Crippen LogP contribution in [0.5, 0.6) is 5.75 Å². The van der Waals surface area contributed by atoms with Gasteiger partial charge in [-0.3, -0.25) is 14.9 Å². The summed E-state index contributed by atoms with van der Waals surface area (Å²) in [5.74, 6) is -0.633. The molecule has 0 saturated carbocycles. The molecule has 1 aliphatic rings. The molecule has 34 heavy (non-hydrogen) atoms. The van der Waals surface area contributed by atoms with E-state index >= 15 is 0 Å². The van der Waals surface area contributed by atoms with Gasteiger partial charge in [0.2, 0.25) is 0 Å². The standard InChI is InChI=1S/C27H28N4O3/c1-3-30(4-2)12-7-13-31-16-21(19-11-10-17(32)14-23(19)31)25-24(26(33)29-27(25)34)20-15-28-22-9-6-5-8-18(20)22/h5-6,8-11,14-16,28,32H,3-4,7,12-13H2,1-2H3,(H,29,33,34). The molecule has 3 heterocycles. The molecule has 2 amide bonds. The van der Waals surface area contributed by atoms with Crippen molar-refractivity contribution in [1.29, 1.82) is 0 Å². The molecule has 0 fully saturated rings. The highest BCUT2D eigenvalue weighted by atomic mass is 16.3. The predicted octanol–water partition coefficient (Wildman–Crippen LogP) is 4.13. The summed E-state index contributed by atoms with van der Waals surface area (Å²) in [7, 11) is 0. The summed E-state index contributed by atoms with van der Waals surface area (Å²) in [5.41, 5.74) is 3.88. The lowest BCUT2D eigenvalue weighted by atomic mass is 9.95. The summed E-state index contributed by atoms with van der Waals surface area (Å²) in [4.78, 5) is 31.6. The molecule has 0 unspecified atom stereocenters. The Bertz CT molecular complexity index is 1440. The first-order chi connectivity index (χ1) is 16.5. The summed E-state index contributed by atoms with van der Waals surface area (Å²) in [6.07, 6.45) is 4.65. The van der Waals surface area contributed by atoms with E-state index in [0.717, 1.165) is 54.4 Å². The fraction of sp³-hybridized carbons (Fsp3) is 0.259. The van der Waals surface area contributed by atoms with Crippen LogP contribution in [0.15, 0.2) is 54.9 Å². The average Bonchev–Trinajstić information content (AvgIpc) is 3.49. The number of fused-ring (bicyclic) bond motifs is 2. The lowest BCUT2D eigenvalue weighted by Gasteiger charge is -2.18. The van der Waals surface area contributed by atoms with Crippen LogP contribution in [0, 0.1) is 0 Å². The van der Waals surface area contributed by atoms with Crippen molar-refractivity contribution in [3.8, 4) is 5.75 Å². The number of aromatic hydroxyl groups is 1. The highest BCUT2D eigenvalue weighted by molar-refractivity contribution is 6.50. The zero-order valence-electron chi connectivity index (χ0n) is 19.4. The fourth-order valence-corrected chi connectivity index (χ4v) is 4.92. The number of phenolic OH excluding ortho intramolecular Hbond substituents is 1. The fourth-order valence-electron chi connectivity index (χ4n) is 4.92. The number of nitrogens with zero attached hydrogens (tertiary/aromatic N) is 2. The Morgan fingerprint density at radius 3 is 2.44 bits per heavy atom. The van der Waals surface area contributed by atoms with Gasteiger partial charge in [0, 0.05) is 52.4 Å². The van der Waals surface area contributed by atoms with Crippen molar-refractivity contribution in [1.82, 2.24) is 19.8 Å². The number of para-hydroxylation sites is 1. The molecule has 7 heteroatoms. The van der Waals surface area contributed by atoms with Gasteiger partial charge in [-0.1, -0.05) is 32.0 Å². The number of carbonyl (C=O) groups excluding carboxylic acids is 2. The molecule has 3 N–H and O–H groups in total. The Labute approximate surface area is 197 Å². The monoisotopic (exact) mass is 456 g/mol. The van der Waals surface area contributed by atoms with Crippen molar-refractivity contribution in [2.75, 3.05) is 19.6 Å². The van der Waals surface area contributed by atoms with Crippen LogP contribution in [0.1, 0.15) is 31.4 Å². The number of imide groups is 1. The maximum Gasteiger partial charge on any atom is 0.259 e. The Balaban J connectivity index is 1.65. The minimum absolute atomic E-state index is 0.167. The molecule has 2 aromatic heterocycles. The first kappa shape index (κ1) is 22.0. The van der Waals surface area contributed by atoms with E-state index in [1.807, 2.05) is 36.5 Å². The van der Waals surface area contributed by atoms with Gasteiger partial charge < -0.3 is 19.6 Å². The SMILES string of the molecule is CCN(CC)CCCn1cc(C2=C(c3c[nH]c4ccccc34)C(=O)NC2=O)c2ccc(O)cc21. The van der Waals surface area contributed by atoms with Crippen molar-refractivity contribution in [3.63, 3.8) is 0 Å². The van der Waals surface area contributed by atoms with Crippen molar-refractivity contribution < 1.29 is 14.7 Å². The second-order valence-corrected chi connectivity index (χ2v) is 8.60. The largest absolute Gasteiger partial charge is 0.508 e. The van der Waals surface area contributed by atoms with E-state index in [1.54, 1.807) is 18.3 Å². The van der Waals surface area contributed by atoms with E-state index in [1.165, 1.54) is 0 Å². The normalized spacial score (nSPS) is 14.2. The number of phenols is 1. The first-order valence-corrected chi connectivity index (χ1v) is 11.7. The number of aromatic amines is 1. The Morgan fingerprint density at radius 2 is 1.68 bits per heavy atom. The summed E-state index contributed by atoms with van der Waals surface area (Å²) < 4.78 is 2.07. The second kappa shape index (κ2) is 8.83. The smallest absolute Gasteiger partial charge is 0.259 e. The highest BCUT2D eigenvalue weighted by Gasteiger charge is 2.35. The Kier molecular flexibility index (Phi) is 5.71. The van der Waals surface area contributed by atoms with E-state index < -0.39 is 11.8 Å². The van der Waals surface area contributed by atoms with Crippen LogP contribution >= 0.6 is 0 Å². The molecule has 0 bridgehead atoms. The number of hydrogen-bond acceptors (Lipinski definition) is 4. The van der Waals surface area contributed by atoms with Crippen molar-refractivity contribution in [3.05, 3.63) is 66.0 Å². The molecular weight excluding hydrogens is 428 g/mol. The minimum Gasteiger partial charge on any atom is -0.508 e. The topological polar surface area (TPSA) is 90.4 Å². The maximum absolute atomic E-state index is 13.1.